The lowest BCUT2D eigenvalue weighted by Gasteiger charge is -2.07. The lowest BCUT2D eigenvalue weighted by molar-refractivity contribution is 0.174. The monoisotopic (exact) mass is 223 g/mol. The summed E-state index contributed by atoms with van der Waals surface area (Å²) in [6, 6.07) is 3.44. The van der Waals surface area contributed by atoms with Crippen LogP contribution in [0.3, 0.4) is 0 Å². The Morgan fingerprint density at radius 1 is 1.31 bits per heavy atom. The number of fused-ring (bicyclic) bond motifs is 1. The molecule has 88 valence electrons. The van der Waals surface area contributed by atoms with Crippen LogP contribution in [0.15, 0.2) is 12.1 Å². The SMILES string of the molecule is CCCCNCc1cc2c(cc1O)OCO2. The van der Waals surface area contributed by atoms with Gasteiger partial charge in [-0.2, -0.15) is 0 Å². The molecular weight excluding hydrogens is 206 g/mol. The van der Waals surface area contributed by atoms with Crippen molar-refractivity contribution in [2.24, 2.45) is 0 Å². The smallest absolute Gasteiger partial charge is 0.231 e. The zero-order chi connectivity index (χ0) is 11.4. The molecule has 0 aromatic heterocycles. The standard InChI is InChI=1S/C12H17NO3/c1-2-3-4-13-7-9-5-11-12(6-10(9)14)16-8-15-11/h5-6,13-14H,2-4,7-8H2,1H3. The van der Waals surface area contributed by atoms with E-state index in [4.69, 9.17) is 9.47 Å². The van der Waals surface area contributed by atoms with E-state index in [-0.39, 0.29) is 12.5 Å². The molecule has 1 aromatic rings. The van der Waals surface area contributed by atoms with Gasteiger partial charge in [-0.15, -0.1) is 0 Å². The van der Waals surface area contributed by atoms with Crippen molar-refractivity contribution < 1.29 is 14.6 Å². The predicted molar refractivity (Wildman–Crippen MR) is 60.8 cm³/mol. The quantitative estimate of drug-likeness (QED) is 0.750. The van der Waals surface area contributed by atoms with Crippen molar-refractivity contribution in [1.82, 2.24) is 5.32 Å². The normalized spacial score (nSPS) is 13.1. The Bertz CT molecular complexity index is 366. The molecule has 0 fully saturated rings. The molecule has 0 aliphatic carbocycles. The maximum absolute atomic E-state index is 9.76. The van der Waals surface area contributed by atoms with Gasteiger partial charge in [0.25, 0.3) is 0 Å². The van der Waals surface area contributed by atoms with E-state index in [0.717, 1.165) is 18.5 Å². The first-order valence-corrected chi connectivity index (χ1v) is 5.63. The molecule has 1 heterocycles. The zero-order valence-corrected chi connectivity index (χ0v) is 9.45. The van der Waals surface area contributed by atoms with Gasteiger partial charge < -0.3 is 19.9 Å². The number of phenols is 1. The van der Waals surface area contributed by atoms with Crippen LogP contribution in [0, 0.1) is 0 Å². The number of benzene rings is 1. The van der Waals surface area contributed by atoms with Gasteiger partial charge in [0.1, 0.15) is 5.75 Å². The van der Waals surface area contributed by atoms with Crippen molar-refractivity contribution in [3.8, 4) is 17.2 Å². The molecule has 0 amide bonds. The van der Waals surface area contributed by atoms with Crippen LogP contribution in [-0.4, -0.2) is 18.4 Å². The maximum Gasteiger partial charge on any atom is 0.231 e. The summed E-state index contributed by atoms with van der Waals surface area (Å²) in [4.78, 5) is 0. The van der Waals surface area contributed by atoms with Crippen LogP contribution >= 0.6 is 0 Å². The summed E-state index contributed by atoms with van der Waals surface area (Å²) in [6.45, 7) is 4.01. The lowest BCUT2D eigenvalue weighted by Crippen LogP contribution is -2.14. The van der Waals surface area contributed by atoms with Crippen LogP contribution in [0.25, 0.3) is 0 Å². The summed E-state index contributed by atoms with van der Waals surface area (Å²) in [5, 5.41) is 13.0. The number of nitrogens with one attached hydrogen (secondary N) is 1. The third-order valence-corrected chi connectivity index (χ3v) is 2.60. The number of hydrogen-bond acceptors (Lipinski definition) is 4. The van der Waals surface area contributed by atoms with Gasteiger partial charge in [-0.3, -0.25) is 0 Å². The molecule has 0 atom stereocenters. The Hall–Kier alpha value is -1.42. The molecule has 4 nitrogen and oxygen atoms in total. The van der Waals surface area contributed by atoms with Crippen LogP contribution in [-0.2, 0) is 6.54 Å². The highest BCUT2D eigenvalue weighted by Gasteiger charge is 2.16. The van der Waals surface area contributed by atoms with Crippen LogP contribution in [0.1, 0.15) is 25.3 Å². The third-order valence-electron chi connectivity index (χ3n) is 2.60. The van der Waals surface area contributed by atoms with E-state index in [9.17, 15) is 5.11 Å². The van der Waals surface area contributed by atoms with Crippen LogP contribution in [0.5, 0.6) is 17.2 Å². The first kappa shape index (κ1) is 11.1. The highest BCUT2D eigenvalue weighted by molar-refractivity contribution is 5.51. The first-order valence-electron chi connectivity index (χ1n) is 5.63. The number of unbranched alkanes of at least 4 members (excludes halogenated alkanes) is 1. The van der Waals surface area contributed by atoms with Gasteiger partial charge in [-0.25, -0.2) is 0 Å². The molecule has 0 bridgehead atoms. The molecule has 4 heteroatoms. The average Bonchev–Trinajstić information content (AvgIpc) is 2.71. The second-order valence-corrected chi connectivity index (χ2v) is 3.86. The van der Waals surface area contributed by atoms with E-state index in [1.165, 1.54) is 6.42 Å². The van der Waals surface area contributed by atoms with Gasteiger partial charge in [0.15, 0.2) is 11.5 Å². The van der Waals surface area contributed by atoms with Gasteiger partial charge >= 0.3 is 0 Å². The van der Waals surface area contributed by atoms with Crippen LogP contribution in [0.2, 0.25) is 0 Å². The molecule has 1 aromatic carbocycles. The van der Waals surface area contributed by atoms with Crippen molar-refractivity contribution in [2.45, 2.75) is 26.3 Å². The minimum atomic E-state index is 0.238. The van der Waals surface area contributed by atoms with E-state index in [2.05, 4.69) is 12.2 Å². The Kier molecular flexibility index (Phi) is 3.51. The molecule has 2 N–H and O–H groups in total. The number of phenolic OH excluding ortho intramolecular Hbond substituents is 1. The fourth-order valence-corrected chi connectivity index (χ4v) is 1.64. The molecule has 1 aliphatic heterocycles. The topological polar surface area (TPSA) is 50.7 Å². The van der Waals surface area contributed by atoms with E-state index in [1.807, 2.05) is 6.07 Å². The Balaban J connectivity index is 1.98. The fourth-order valence-electron chi connectivity index (χ4n) is 1.64. The summed E-state index contributed by atoms with van der Waals surface area (Å²) in [5.41, 5.74) is 0.848. The second-order valence-electron chi connectivity index (χ2n) is 3.86. The van der Waals surface area contributed by atoms with Crippen molar-refractivity contribution in [3.63, 3.8) is 0 Å². The summed E-state index contributed by atoms with van der Waals surface area (Å²) < 4.78 is 10.4. The maximum atomic E-state index is 9.76. The average molecular weight is 223 g/mol. The number of hydrogen-bond donors (Lipinski definition) is 2. The summed E-state index contributed by atoms with van der Waals surface area (Å²) in [7, 11) is 0. The summed E-state index contributed by atoms with van der Waals surface area (Å²) >= 11 is 0. The van der Waals surface area contributed by atoms with Crippen molar-refractivity contribution in [1.29, 1.82) is 0 Å². The van der Waals surface area contributed by atoms with Crippen molar-refractivity contribution in [2.75, 3.05) is 13.3 Å². The van der Waals surface area contributed by atoms with Gasteiger partial charge in [-0.05, 0) is 19.0 Å². The van der Waals surface area contributed by atoms with Crippen molar-refractivity contribution >= 4 is 0 Å². The minimum absolute atomic E-state index is 0.238. The van der Waals surface area contributed by atoms with E-state index in [0.29, 0.717) is 18.0 Å². The molecule has 0 spiro atoms. The molecule has 2 rings (SSSR count). The van der Waals surface area contributed by atoms with Gasteiger partial charge in [0.2, 0.25) is 6.79 Å². The molecule has 0 unspecified atom stereocenters. The Morgan fingerprint density at radius 2 is 2.06 bits per heavy atom. The minimum Gasteiger partial charge on any atom is -0.507 e. The third kappa shape index (κ3) is 2.39. The van der Waals surface area contributed by atoms with Crippen LogP contribution < -0.4 is 14.8 Å². The molecule has 0 radical (unpaired) electrons. The molecule has 1 aliphatic rings. The van der Waals surface area contributed by atoms with E-state index in [1.54, 1.807) is 6.07 Å². The molecular formula is C12H17NO3. The first-order chi connectivity index (χ1) is 7.81. The highest BCUT2D eigenvalue weighted by Crippen LogP contribution is 2.37. The summed E-state index contributed by atoms with van der Waals surface area (Å²) in [5.74, 6) is 1.59. The second kappa shape index (κ2) is 5.07. The zero-order valence-electron chi connectivity index (χ0n) is 9.45. The molecule has 16 heavy (non-hydrogen) atoms. The molecule has 0 saturated carbocycles. The number of aromatic hydroxyl groups is 1. The molecule has 0 saturated heterocycles. The summed E-state index contributed by atoms with van der Waals surface area (Å²) in [6.07, 6.45) is 2.31. The number of rotatable bonds is 5. The largest absolute Gasteiger partial charge is 0.507 e. The van der Waals surface area contributed by atoms with Gasteiger partial charge in [0, 0.05) is 18.2 Å². The highest BCUT2D eigenvalue weighted by atomic mass is 16.7. The van der Waals surface area contributed by atoms with Crippen LogP contribution in [0.4, 0.5) is 0 Å². The number of ether oxygens (including phenoxy) is 2. The predicted octanol–water partition coefficient (Wildman–Crippen LogP) is 2.01. The van der Waals surface area contributed by atoms with Gasteiger partial charge in [-0.1, -0.05) is 13.3 Å². The van der Waals surface area contributed by atoms with Crippen molar-refractivity contribution in [3.05, 3.63) is 17.7 Å². The van der Waals surface area contributed by atoms with Gasteiger partial charge in [0.05, 0.1) is 0 Å². The fraction of sp³-hybridized carbons (Fsp3) is 0.500. The lowest BCUT2D eigenvalue weighted by atomic mass is 10.1. The Morgan fingerprint density at radius 3 is 2.81 bits per heavy atom. The van der Waals surface area contributed by atoms with E-state index >= 15 is 0 Å². The van der Waals surface area contributed by atoms with E-state index < -0.39 is 0 Å². The Labute approximate surface area is 95.2 Å².